The van der Waals surface area contributed by atoms with Crippen molar-refractivity contribution in [3.05, 3.63) is 35.4 Å². The van der Waals surface area contributed by atoms with Crippen molar-refractivity contribution in [3.63, 3.8) is 0 Å². The lowest BCUT2D eigenvalue weighted by atomic mass is 10.0. The van der Waals surface area contributed by atoms with Gasteiger partial charge in [0, 0.05) is 0 Å². The van der Waals surface area contributed by atoms with E-state index < -0.39 is 24.5 Å². The average Bonchev–Trinajstić information content (AvgIpc) is 2.33. The van der Waals surface area contributed by atoms with Gasteiger partial charge in [-0.1, -0.05) is 24.3 Å². The minimum absolute atomic E-state index is 0.0812. The predicted octanol–water partition coefficient (Wildman–Crippen LogP) is 3.34. The van der Waals surface area contributed by atoms with E-state index in [1.165, 1.54) is 0 Å². The van der Waals surface area contributed by atoms with Crippen LogP contribution in [0.5, 0.6) is 0 Å². The van der Waals surface area contributed by atoms with Crippen molar-refractivity contribution in [3.8, 4) is 0 Å². The van der Waals surface area contributed by atoms with E-state index in [0.717, 1.165) is 0 Å². The zero-order valence-electron chi connectivity index (χ0n) is 10.4. The van der Waals surface area contributed by atoms with Gasteiger partial charge in [-0.2, -0.15) is 13.2 Å². The Hall–Kier alpha value is -1.56. The number of hydrogen-bond donors (Lipinski definition) is 1. The molecule has 1 aromatic carbocycles. The highest BCUT2D eigenvalue weighted by atomic mass is 19.4. The average molecular weight is 276 g/mol. The van der Waals surface area contributed by atoms with Crippen molar-refractivity contribution in [1.29, 1.82) is 0 Å². The number of halogens is 3. The van der Waals surface area contributed by atoms with E-state index in [0.29, 0.717) is 11.1 Å². The Balaban J connectivity index is 2.43. The van der Waals surface area contributed by atoms with Crippen LogP contribution in [0.4, 0.5) is 13.2 Å². The van der Waals surface area contributed by atoms with Gasteiger partial charge in [0.15, 0.2) is 0 Å². The molecule has 1 atom stereocenters. The molecule has 0 aromatic heterocycles. The molecule has 19 heavy (non-hydrogen) atoms. The molecule has 0 saturated heterocycles. The second kappa shape index (κ2) is 6.56. The number of ether oxygens (including phenoxy) is 1. The summed E-state index contributed by atoms with van der Waals surface area (Å²) in [6.45, 7) is 1.27. The zero-order valence-corrected chi connectivity index (χ0v) is 10.4. The third kappa shape index (κ3) is 5.74. The molecule has 1 aromatic rings. The Morgan fingerprint density at radius 1 is 1.32 bits per heavy atom. The number of carboxylic acid groups (broad SMARTS) is 1. The summed E-state index contributed by atoms with van der Waals surface area (Å²) in [4.78, 5) is 10.8. The number of benzene rings is 1. The van der Waals surface area contributed by atoms with Gasteiger partial charge in [0.2, 0.25) is 0 Å². The first kappa shape index (κ1) is 15.5. The highest BCUT2D eigenvalue weighted by molar-refractivity contribution is 5.75. The van der Waals surface area contributed by atoms with E-state index in [4.69, 9.17) is 9.84 Å². The fourth-order valence-electron chi connectivity index (χ4n) is 1.42. The molecule has 1 rings (SSSR count). The fraction of sp³-hybridized carbons (Fsp3) is 0.462. The first-order valence-corrected chi connectivity index (χ1v) is 5.76. The molecule has 0 fully saturated rings. The molecule has 0 amide bonds. The molecule has 0 radical (unpaired) electrons. The summed E-state index contributed by atoms with van der Waals surface area (Å²) in [7, 11) is 0. The maximum atomic E-state index is 11.9. The summed E-state index contributed by atoms with van der Waals surface area (Å²) in [6.07, 6.45) is -5.18. The molecular formula is C13H15F3O3. The van der Waals surface area contributed by atoms with E-state index in [1.807, 2.05) is 0 Å². The maximum Gasteiger partial charge on any atom is 0.391 e. The molecule has 0 saturated carbocycles. The van der Waals surface area contributed by atoms with Crippen LogP contribution in [0.2, 0.25) is 0 Å². The van der Waals surface area contributed by atoms with Crippen LogP contribution < -0.4 is 0 Å². The van der Waals surface area contributed by atoms with E-state index >= 15 is 0 Å². The molecule has 6 heteroatoms. The van der Waals surface area contributed by atoms with Crippen LogP contribution in [0.25, 0.3) is 0 Å². The highest BCUT2D eigenvalue weighted by Crippen LogP contribution is 2.20. The lowest BCUT2D eigenvalue weighted by Gasteiger charge is -2.09. The van der Waals surface area contributed by atoms with Crippen LogP contribution in [-0.4, -0.2) is 23.9 Å². The van der Waals surface area contributed by atoms with Crippen LogP contribution in [0.3, 0.4) is 0 Å². The summed E-state index contributed by atoms with van der Waals surface area (Å²) in [5.41, 5.74) is 1.36. The molecule has 0 spiro atoms. The van der Waals surface area contributed by atoms with Gasteiger partial charge < -0.3 is 9.84 Å². The van der Waals surface area contributed by atoms with Crippen LogP contribution >= 0.6 is 0 Å². The molecule has 0 aliphatic carbocycles. The summed E-state index contributed by atoms with van der Waals surface area (Å²) in [6, 6.07) is 6.59. The molecule has 1 unspecified atom stereocenters. The minimum Gasteiger partial charge on any atom is -0.481 e. The Kier molecular flexibility index (Phi) is 5.35. The largest absolute Gasteiger partial charge is 0.481 e. The Morgan fingerprint density at radius 2 is 1.89 bits per heavy atom. The Labute approximate surface area is 109 Å². The summed E-state index contributed by atoms with van der Waals surface area (Å²) in [5, 5.41) is 8.82. The summed E-state index contributed by atoms with van der Waals surface area (Å²) < 4.78 is 40.5. The molecule has 0 aliphatic rings. The summed E-state index contributed by atoms with van der Waals surface area (Å²) in [5.74, 6) is -1.53. The van der Waals surface area contributed by atoms with Crippen LogP contribution in [0, 0.1) is 0 Å². The maximum absolute atomic E-state index is 11.9. The molecule has 0 bridgehead atoms. The van der Waals surface area contributed by atoms with Crippen LogP contribution in [0.1, 0.15) is 30.4 Å². The number of alkyl halides is 3. The lowest BCUT2D eigenvalue weighted by molar-refractivity contribution is -0.146. The van der Waals surface area contributed by atoms with Gasteiger partial charge in [-0.3, -0.25) is 4.79 Å². The van der Waals surface area contributed by atoms with Crippen molar-refractivity contribution in [2.45, 2.75) is 32.0 Å². The SMILES string of the molecule is CC(C(=O)O)c1ccc(COCCC(F)(F)F)cc1. The van der Waals surface area contributed by atoms with E-state index in [-0.39, 0.29) is 13.2 Å². The van der Waals surface area contributed by atoms with Gasteiger partial charge in [-0.15, -0.1) is 0 Å². The third-order valence-electron chi connectivity index (χ3n) is 2.65. The van der Waals surface area contributed by atoms with Gasteiger partial charge in [0.1, 0.15) is 0 Å². The first-order valence-electron chi connectivity index (χ1n) is 5.76. The second-order valence-electron chi connectivity index (χ2n) is 4.22. The van der Waals surface area contributed by atoms with Crippen molar-refractivity contribution < 1.29 is 27.8 Å². The number of aliphatic carboxylic acids is 1. The number of carbonyl (C=O) groups is 1. The number of carboxylic acids is 1. The first-order chi connectivity index (χ1) is 8.79. The van der Waals surface area contributed by atoms with Crippen molar-refractivity contribution >= 4 is 5.97 Å². The van der Waals surface area contributed by atoms with Crippen molar-refractivity contribution in [2.75, 3.05) is 6.61 Å². The predicted molar refractivity (Wildman–Crippen MR) is 62.8 cm³/mol. The van der Waals surface area contributed by atoms with Crippen LogP contribution in [-0.2, 0) is 16.1 Å². The Morgan fingerprint density at radius 3 is 2.37 bits per heavy atom. The standard InChI is InChI=1S/C13H15F3O3/c1-9(12(17)18)11-4-2-10(3-5-11)8-19-7-6-13(14,15)16/h2-5,9H,6-8H2,1H3,(H,17,18). The number of rotatable bonds is 6. The zero-order chi connectivity index (χ0) is 14.5. The molecular weight excluding hydrogens is 261 g/mol. The van der Waals surface area contributed by atoms with Crippen molar-refractivity contribution in [2.24, 2.45) is 0 Å². The Bertz CT molecular complexity index is 412. The van der Waals surface area contributed by atoms with Gasteiger partial charge in [0.25, 0.3) is 0 Å². The smallest absolute Gasteiger partial charge is 0.391 e. The molecule has 0 aliphatic heterocycles. The normalized spacial score (nSPS) is 13.3. The fourth-order valence-corrected chi connectivity index (χ4v) is 1.42. The van der Waals surface area contributed by atoms with Crippen molar-refractivity contribution in [1.82, 2.24) is 0 Å². The molecule has 0 heterocycles. The second-order valence-corrected chi connectivity index (χ2v) is 4.22. The minimum atomic E-state index is -4.21. The van der Waals surface area contributed by atoms with Gasteiger partial charge in [-0.25, -0.2) is 0 Å². The molecule has 1 N–H and O–H groups in total. The van der Waals surface area contributed by atoms with Gasteiger partial charge in [0.05, 0.1) is 25.6 Å². The molecule has 3 nitrogen and oxygen atoms in total. The van der Waals surface area contributed by atoms with E-state index in [2.05, 4.69) is 0 Å². The van der Waals surface area contributed by atoms with E-state index in [1.54, 1.807) is 31.2 Å². The van der Waals surface area contributed by atoms with Gasteiger partial charge >= 0.3 is 12.1 Å². The topological polar surface area (TPSA) is 46.5 Å². The summed E-state index contributed by atoms with van der Waals surface area (Å²) >= 11 is 0. The highest BCUT2D eigenvalue weighted by Gasteiger charge is 2.26. The number of hydrogen-bond acceptors (Lipinski definition) is 2. The monoisotopic (exact) mass is 276 g/mol. The quantitative estimate of drug-likeness (QED) is 0.810. The molecule has 106 valence electrons. The third-order valence-corrected chi connectivity index (χ3v) is 2.65. The lowest BCUT2D eigenvalue weighted by Crippen LogP contribution is -2.11. The van der Waals surface area contributed by atoms with Crippen LogP contribution in [0.15, 0.2) is 24.3 Å². The van der Waals surface area contributed by atoms with E-state index in [9.17, 15) is 18.0 Å². The van der Waals surface area contributed by atoms with Gasteiger partial charge in [-0.05, 0) is 18.1 Å².